The van der Waals surface area contributed by atoms with Gasteiger partial charge in [-0.1, -0.05) is 11.3 Å². The number of aliphatic imine (C=N–C) groups is 2. The lowest BCUT2D eigenvalue weighted by atomic mass is 10.1. The van der Waals surface area contributed by atoms with Crippen molar-refractivity contribution in [1.82, 2.24) is 25.6 Å². The van der Waals surface area contributed by atoms with Crippen LogP contribution in [0.15, 0.2) is 52.6 Å². The SMILES string of the molecule is COc1cc(C2=NCCN2)ccc1-c1cn(-c2ccc(C3=NCCN3)cc2OC)nn1. The Morgan fingerprint density at radius 2 is 1.48 bits per heavy atom. The third kappa shape index (κ3) is 3.58. The van der Waals surface area contributed by atoms with Crippen LogP contribution in [-0.4, -0.2) is 67.1 Å². The molecule has 2 aliphatic rings. The fourth-order valence-electron chi connectivity index (χ4n) is 3.75. The van der Waals surface area contributed by atoms with Crippen molar-refractivity contribution in [3.63, 3.8) is 0 Å². The molecule has 2 aliphatic heterocycles. The molecule has 0 saturated carbocycles. The summed E-state index contributed by atoms with van der Waals surface area (Å²) in [5.74, 6) is 3.18. The van der Waals surface area contributed by atoms with Gasteiger partial charge in [0, 0.05) is 29.8 Å². The van der Waals surface area contributed by atoms with Gasteiger partial charge in [-0.05, 0) is 30.3 Å². The summed E-state index contributed by atoms with van der Waals surface area (Å²) in [4.78, 5) is 8.94. The molecule has 0 bridgehead atoms. The number of hydrogen-bond acceptors (Lipinski definition) is 8. The fourth-order valence-corrected chi connectivity index (χ4v) is 3.75. The zero-order valence-electron chi connectivity index (χ0n) is 17.4. The van der Waals surface area contributed by atoms with E-state index in [4.69, 9.17) is 9.47 Å². The van der Waals surface area contributed by atoms with Crippen LogP contribution in [0.2, 0.25) is 0 Å². The van der Waals surface area contributed by atoms with Gasteiger partial charge in [0.25, 0.3) is 0 Å². The van der Waals surface area contributed by atoms with E-state index in [1.54, 1.807) is 18.9 Å². The summed E-state index contributed by atoms with van der Waals surface area (Å²) in [6, 6.07) is 11.9. The van der Waals surface area contributed by atoms with Crippen LogP contribution in [0.1, 0.15) is 11.1 Å². The lowest BCUT2D eigenvalue weighted by molar-refractivity contribution is 0.411. The molecule has 2 aromatic carbocycles. The van der Waals surface area contributed by atoms with E-state index < -0.39 is 0 Å². The molecule has 1 aromatic heterocycles. The standard InChI is InChI=1S/C22H23N7O2/c1-30-19-11-14(21-23-7-8-24-21)3-5-16(19)17-13-29(28-27-17)18-6-4-15(12-20(18)31-2)22-25-9-10-26-22/h3-6,11-13H,7-10H2,1-2H3,(H,23,24)(H,25,26). The molecule has 0 fully saturated rings. The van der Waals surface area contributed by atoms with E-state index in [-0.39, 0.29) is 0 Å². The maximum Gasteiger partial charge on any atom is 0.145 e. The second-order valence-electron chi connectivity index (χ2n) is 7.16. The molecule has 3 aromatic rings. The second kappa shape index (κ2) is 8.10. The molecule has 3 heterocycles. The van der Waals surface area contributed by atoms with Crippen molar-refractivity contribution in [2.45, 2.75) is 0 Å². The highest BCUT2D eigenvalue weighted by Gasteiger charge is 2.17. The van der Waals surface area contributed by atoms with Gasteiger partial charge < -0.3 is 20.1 Å². The molecule has 0 spiro atoms. The molecule has 0 atom stereocenters. The second-order valence-corrected chi connectivity index (χ2v) is 7.16. The summed E-state index contributed by atoms with van der Waals surface area (Å²) in [6.07, 6.45) is 1.87. The lowest BCUT2D eigenvalue weighted by Crippen LogP contribution is -2.19. The molecule has 5 rings (SSSR count). The summed E-state index contributed by atoms with van der Waals surface area (Å²) < 4.78 is 13.0. The molecule has 0 radical (unpaired) electrons. The minimum atomic E-state index is 0.693. The Hall–Kier alpha value is -3.88. The minimum absolute atomic E-state index is 0.693. The van der Waals surface area contributed by atoms with E-state index in [0.29, 0.717) is 17.2 Å². The maximum atomic E-state index is 5.63. The first-order valence-corrected chi connectivity index (χ1v) is 10.1. The quantitative estimate of drug-likeness (QED) is 0.633. The van der Waals surface area contributed by atoms with Gasteiger partial charge in [0.2, 0.25) is 0 Å². The normalized spacial score (nSPS) is 15.2. The first-order chi connectivity index (χ1) is 15.3. The van der Waals surface area contributed by atoms with Crippen molar-refractivity contribution in [3.8, 4) is 28.4 Å². The van der Waals surface area contributed by atoms with Crippen molar-refractivity contribution < 1.29 is 9.47 Å². The minimum Gasteiger partial charge on any atom is -0.496 e. The van der Waals surface area contributed by atoms with Crippen LogP contribution in [0.4, 0.5) is 0 Å². The molecule has 2 N–H and O–H groups in total. The van der Waals surface area contributed by atoms with Crippen LogP contribution < -0.4 is 20.1 Å². The zero-order chi connectivity index (χ0) is 21.2. The van der Waals surface area contributed by atoms with E-state index in [0.717, 1.165) is 60.2 Å². The van der Waals surface area contributed by atoms with Gasteiger partial charge in [0.1, 0.15) is 34.6 Å². The molecule has 31 heavy (non-hydrogen) atoms. The number of rotatable bonds is 6. The number of nitrogens with zero attached hydrogens (tertiary/aromatic N) is 5. The summed E-state index contributed by atoms with van der Waals surface area (Å²) in [7, 11) is 3.30. The van der Waals surface area contributed by atoms with Crippen LogP contribution >= 0.6 is 0 Å². The highest BCUT2D eigenvalue weighted by atomic mass is 16.5. The Bertz CT molecular complexity index is 1090. The third-order valence-electron chi connectivity index (χ3n) is 5.29. The topological polar surface area (TPSA) is 98.0 Å². The Morgan fingerprint density at radius 1 is 0.839 bits per heavy atom. The summed E-state index contributed by atoms with van der Waals surface area (Å²) in [5, 5.41) is 15.3. The maximum absolute atomic E-state index is 5.63. The van der Waals surface area contributed by atoms with Gasteiger partial charge in [0.15, 0.2) is 0 Å². The number of amidine groups is 2. The summed E-state index contributed by atoms with van der Waals surface area (Å²) >= 11 is 0. The Labute approximate surface area is 179 Å². The summed E-state index contributed by atoms with van der Waals surface area (Å²) in [6.45, 7) is 3.29. The van der Waals surface area contributed by atoms with Crippen LogP contribution in [0.5, 0.6) is 11.5 Å². The number of benzene rings is 2. The van der Waals surface area contributed by atoms with Crippen molar-refractivity contribution in [1.29, 1.82) is 0 Å². The monoisotopic (exact) mass is 417 g/mol. The van der Waals surface area contributed by atoms with E-state index in [2.05, 4.69) is 30.9 Å². The van der Waals surface area contributed by atoms with Crippen LogP contribution in [0, 0.1) is 0 Å². The molecular weight excluding hydrogens is 394 g/mol. The largest absolute Gasteiger partial charge is 0.496 e. The average molecular weight is 417 g/mol. The Kier molecular flexibility index (Phi) is 4.99. The molecule has 9 heteroatoms. The lowest BCUT2D eigenvalue weighted by Gasteiger charge is -2.11. The Morgan fingerprint density at radius 3 is 2.10 bits per heavy atom. The summed E-state index contributed by atoms with van der Waals surface area (Å²) in [5.41, 5.74) is 4.34. The molecule has 0 amide bonds. The van der Waals surface area contributed by atoms with Crippen molar-refractivity contribution in [2.75, 3.05) is 40.4 Å². The number of ether oxygens (including phenoxy) is 2. The molecule has 9 nitrogen and oxygen atoms in total. The predicted molar refractivity (Wildman–Crippen MR) is 119 cm³/mol. The predicted octanol–water partition coefficient (Wildman–Crippen LogP) is 1.65. The van der Waals surface area contributed by atoms with Gasteiger partial charge in [-0.2, -0.15) is 0 Å². The Balaban J connectivity index is 1.47. The van der Waals surface area contributed by atoms with Crippen LogP contribution in [0.3, 0.4) is 0 Å². The highest BCUT2D eigenvalue weighted by molar-refractivity contribution is 6.01. The van der Waals surface area contributed by atoms with Crippen LogP contribution in [-0.2, 0) is 0 Å². The molecule has 0 unspecified atom stereocenters. The van der Waals surface area contributed by atoms with Gasteiger partial charge in [-0.25, -0.2) is 4.68 Å². The number of hydrogen-bond donors (Lipinski definition) is 2. The fraction of sp³-hybridized carbons (Fsp3) is 0.273. The first-order valence-electron chi connectivity index (χ1n) is 10.1. The van der Waals surface area contributed by atoms with Crippen LogP contribution in [0.25, 0.3) is 16.9 Å². The number of nitrogens with one attached hydrogen (secondary N) is 2. The molecule has 158 valence electrons. The van der Waals surface area contributed by atoms with E-state index in [1.165, 1.54) is 0 Å². The van der Waals surface area contributed by atoms with Crippen molar-refractivity contribution >= 4 is 11.7 Å². The van der Waals surface area contributed by atoms with Gasteiger partial charge >= 0.3 is 0 Å². The highest BCUT2D eigenvalue weighted by Crippen LogP contribution is 2.31. The van der Waals surface area contributed by atoms with Gasteiger partial charge in [-0.3, -0.25) is 9.98 Å². The van der Waals surface area contributed by atoms with Crippen molar-refractivity contribution in [3.05, 3.63) is 53.7 Å². The van der Waals surface area contributed by atoms with E-state index >= 15 is 0 Å². The average Bonchev–Trinajstić information content (AvgIpc) is 3.60. The molecule has 0 aliphatic carbocycles. The molecular formula is C22H23N7O2. The smallest absolute Gasteiger partial charge is 0.145 e. The number of aromatic nitrogens is 3. The van der Waals surface area contributed by atoms with Gasteiger partial charge in [-0.15, -0.1) is 5.10 Å². The van der Waals surface area contributed by atoms with Gasteiger partial charge in [0.05, 0.1) is 33.5 Å². The molecule has 0 saturated heterocycles. The number of methoxy groups -OCH3 is 2. The van der Waals surface area contributed by atoms with E-state index in [1.807, 2.05) is 42.6 Å². The zero-order valence-corrected chi connectivity index (χ0v) is 17.4. The first kappa shape index (κ1) is 19.1. The van der Waals surface area contributed by atoms with E-state index in [9.17, 15) is 0 Å². The third-order valence-corrected chi connectivity index (χ3v) is 5.29. The van der Waals surface area contributed by atoms with Crippen molar-refractivity contribution in [2.24, 2.45) is 9.98 Å².